The quantitative estimate of drug-likeness (QED) is 0.773. The minimum Gasteiger partial charge on any atom is -0.451 e. The second-order valence-corrected chi connectivity index (χ2v) is 6.81. The predicted molar refractivity (Wildman–Crippen MR) is 94.5 cm³/mol. The number of fused-ring (bicyclic) bond motifs is 2. The van der Waals surface area contributed by atoms with Crippen molar-refractivity contribution >= 4 is 28.6 Å². The number of benzene rings is 2. The molecule has 4 rings (SSSR count). The third kappa shape index (κ3) is 2.71. The second-order valence-electron chi connectivity index (χ2n) is 5.67. The van der Waals surface area contributed by atoms with Crippen molar-refractivity contribution in [3.63, 3.8) is 0 Å². The Morgan fingerprint density at radius 3 is 2.83 bits per heavy atom. The van der Waals surface area contributed by atoms with Gasteiger partial charge in [-0.05, 0) is 30.2 Å². The summed E-state index contributed by atoms with van der Waals surface area (Å²) in [6.07, 6.45) is 0.852. The average molecular weight is 337 g/mol. The smallest absolute Gasteiger partial charge is 0.287 e. The van der Waals surface area contributed by atoms with E-state index in [0.29, 0.717) is 11.0 Å². The van der Waals surface area contributed by atoms with E-state index in [1.807, 2.05) is 18.2 Å². The Bertz CT molecular complexity index is 980. The lowest BCUT2D eigenvalue weighted by Gasteiger charge is -2.25. The van der Waals surface area contributed by atoms with Gasteiger partial charge in [0, 0.05) is 16.7 Å². The highest BCUT2D eigenvalue weighted by Crippen LogP contribution is 2.35. The Hall–Kier alpha value is -2.53. The van der Waals surface area contributed by atoms with Crippen LogP contribution in [-0.4, -0.2) is 11.7 Å². The van der Waals surface area contributed by atoms with Crippen LogP contribution in [0.1, 0.15) is 28.6 Å². The Morgan fingerprint density at radius 1 is 1.12 bits per heavy atom. The third-order valence-electron chi connectivity index (χ3n) is 4.12. The average Bonchev–Trinajstić information content (AvgIpc) is 2.62. The van der Waals surface area contributed by atoms with Gasteiger partial charge in [-0.15, -0.1) is 11.8 Å². The topological polar surface area (TPSA) is 59.3 Å². The van der Waals surface area contributed by atoms with Crippen LogP contribution < -0.4 is 10.7 Å². The fourth-order valence-electron chi connectivity index (χ4n) is 2.94. The molecule has 0 saturated heterocycles. The summed E-state index contributed by atoms with van der Waals surface area (Å²) in [6.45, 7) is 0. The van der Waals surface area contributed by atoms with Crippen molar-refractivity contribution in [3.05, 3.63) is 76.1 Å². The summed E-state index contributed by atoms with van der Waals surface area (Å²) in [5, 5.41) is 3.48. The van der Waals surface area contributed by atoms with Crippen LogP contribution in [0.25, 0.3) is 11.0 Å². The van der Waals surface area contributed by atoms with Gasteiger partial charge in [0.1, 0.15) is 5.58 Å². The lowest BCUT2D eigenvalue weighted by atomic mass is 10.0. The first-order valence-corrected chi connectivity index (χ1v) is 8.76. The van der Waals surface area contributed by atoms with Crippen LogP contribution in [0.5, 0.6) is 0 Å². The normalized spacial score (nSPS) is 16.6. The molecule has 1 aliphatic heterocycles. The van der Waals surface area contributed by atoms with Crippen molar-refractivity contribution in [2.75, 3.05) is 5.75 Å². The van der Waals surface area contributed by atoms with Gasteiger partial charge in [-0.1, -0.05) is 30.3 Å². The summed E-state index contributed by atoms with van der Waals surface area (Å²) >= 11 is 1.79. The van der Waals surface area contributed by atoms with E-state index >= 15 is 0 Å². The molecule has 0 fully saturated rings. The Balaban J connectivity index is 1.65. The molecular formula is C19H15NO3S. The molecule has 1 aromatic heterocycles. The molecule has 0 aliphatic carbocycles. The van der Waals surface area contributed by atoms with E-state index < -0.39 is 0 Å². The highest BCUT2D eigenvalue weighted by molar-refractivity contribution is 7.99. The maximum Gasteiger partial charge on any atom is 0.287 e. The Kier molecular flexibility index (Phi) is 3.86. The van der Waals surface area contributed by atoms with Gasteiger partial charge in [-0.25, -0.2) is 0 Å². The Morgan fingerprint density at radius 2 is 1.92 bits per heavy atom. The molecule has 24 heavy (non-hydrogen) atoms. The summed E-state index contributed by atoms with van der Waals surface area (Å²) in [5.74, 6) is 0.642. The van der Waals surface area contributed by atoms with Gasteiger partial charge in [0.2, 0.25) is 0 Å². The number of carbonyl (C=O) groups is 1. The van der Waals surface area contributed by atoms with Gasteiger partial charge in [0.05, 0.1) is 11.4 Å². The maximum atomic E-state index is 12.6. The molecular weight excluding hydrogens is 322 g/mol. The SMILES string of the molecule is O=C(N[C@H]1CCSc2ccccc21)c1cc(=O)c2ccccc2o1. The molecule has 1 aliphatic rings. The summed E-state index contributed by atoms with van der Waals surface area (Å²) in [4.78, 5) is 25.9. The molecule has 3 aromatic rings. The number of rotatable bonds is 2. The number of hydrogen-bond donors (Lipinski definition) is 1. The number of carbonyl (C=O) groups excluding carboxylic acids is 1. The zero-order valence-electron chi connectivity index (χ0n) is 12.8. The van der Waals surface area contributed by atoms with E-state index in [-0.39, 0.29) is 23.1 Å². The molecule has 2 aromatic carbocycles. The first-order chi connectivity index (χ1) is 11.7. The van der Waals surface area contributed by atoms with E-state index in [1.165, 1.54) is 11.0 Å². The van der Waals surface area contributed by atoms with Crippen LogP contribution >= 0.6 is 11.8 Å². The molecule has 120 valence electrons. The monoisotopic (exact) mass is 337 g/mol. The largest absolute Gasteiger partial charge is 0.451 e. The zero-order valence-corrected chi connectivity index (χ0v) is 13.6. The summed E-state index contributed by atoms with van der Waals surface area (Å²) in [6, 6.07) is 16.2. The van der Waals surface area contributed by atoms with Gasteiger partial charge >= 0.3 is 0 Å². The second kappa shape index (κ2) is 6.17. The molecule has 0 spiro atoms. The van der Waals surface area contributed by atoms with Crippen LogP contribution in [0, 0.1) is 0 Å². The molecule has 2 heterocycles. The zero-order chi connectivity index (χ0) is 16.5. The van der Waals surface area contributed by atoms with Crippen molar-refractivity contribution in [2.45, 2.75) is 17.4 Å². The molecule has 5 heteroatoms. The van der Waals surface area contributed by atoms with Crippen LogP contribution in [0.3, 0.4) is 0 Å². The minimum atomic E-state index is -0.357. The fourth-order valence-corrected chi connectivity index (χ4v) is 4.06. The third-order valence-corrected chi connectivity index (χ3v) is 5.24. The molecule has 0 saturated carbocycles. The number of hydrogen-bond acceptors (Lipinski definition) is 4. The summed E-state index contributed by atoms with van der Waals surface area (Å²) in [5.41, 5.74) is 1.33. The maximum absolute atomic E-state index is 12.6. The first-order valence-electron chi connectivity index (χ1n) is 7.78. The molecule has 4 nitrogen and oxygen atoms in total. The number of nitrogens with one attached hydrogen (secondary N) is 1. The molecule has 0 bridgehead atoms. The highest BCUT2D eigenvalue weighted by Gasteiger charge is 2.23. The van der Waals surface area contributed by atoms with Crippen LogP contribution in [0.2, 0.25) is 0 Å². The van der Waals surface area contributed by atoms with Gasteiger partial charge in [-0.3, -0.25) is 9.59 Å². The molecule has 1 atom stereocenters. The van der Waals surface area contributed by atoms with E-state index in [4.69, 9.17) is 4.42 Å². The van der Waals surface area contributed by atoms with Crippen molar-refractivity contribution in [2.24, 2.45) is 0 Å². The Labute approximate surface area is 142 Å². The van der Waals surface area contributed by atoms with Gasteiger partial charge < -0.3 is 9.73 Å². The fraction of sp³-hybridized carbons (Fsp3) is 0.158. The number of amides is 1. The number of thioether (sulfide) groups is 1. The first kappa shape index (κ1) is 15.0. The van der Waals surface area contributed by atoms with E-state index in [1.54, 1.807) is 36.0 Å². The van der Waals surface area contributed by atoms with Crippen molar-refractivity contribution < 1.29 is 9.21 Å². The minimum absolute atomic E-state index is 0.0504. The van der Waals surface area contributed by atoms with E-state index in [9.17, 15) is 9.59 Å². The van der Waals surface area contributed by atoms with Crippen LogP contribution in [0.4, 0.5) is 0 Å². The van der Waals surface area contributed by atoms with Gasteiger partial charge in [0.15, 0.2) is 11.2 Å². The molecule has 1 amide bonds. The lowest BCUT2D eigenvalue weighted by Crippen LogP contribution is -2.31. The van der Waals surface area contributed by atoms with Crippen LogP contribution in [-0.2, 0) is 0 Å². The lowest BCUT2D eigenvalue weighted by molar-refractivity contribution is 0.0907. The summed E-state index contributed by atoms with van der Waals surface area (Å²) in [7, 11) is 0. The standard InChI is InChI=1S/C19H15NO3S/c21-15-11-17(23-16-7-3-1-6-13(15)16)19(22)20-14-9-10-24-18-8-4-2-5-12(14)18/h1-8,11,14H,9-10H2,(H,20,22)/t14-/m0/s1. The predicted octanol–water partition coefficient (Wildman–Crippen LogP) is 3.76. The van der Waals surface area contributed by atoms with Gasteiger partial charge in [-0.2, -0.15) is 0 Å². The van der Waals surface area contributed by atoms with Crippen LogP contribution in [0.15, 0.2) is 68.7 Å². The van der Waals surface area contributed by atoms with Crippen molar-refractivity contribution in [1.82, 2.24) is 5.32 Å². The van der Waals surface area contributed by atoms with Crippen molar-refractivity contribution in [3.8, 4) is 0 Å². The summed E-state index contributed by atoms with van der Waals surface area (Å²) < 4.78 is 5.62. The molecule has 0 unspecified atom stereocenters. The van der Waals surface area contributed by atoms with E-state index in [0.717, 1.165) is 17.7 Å². The molecule has 1 N–H and O–H groups in total. The van der Waals surface area contributed by atoms with Crippen molar-refractivity contribution in [1.29, 1.82) is 0 Å². The van der Waals surface area contributed by atoms with E-state index in [2.05, 4.69) is 11.4 Å². The number of para-hydroxylation sites is 1. The van der Waals surface area contributed by atoms with Gasteiger partial charge in [0.25, 0.3) is 5.91 Å². The highest BCUT2D eigenvalue weighted by atomic mass is 32.2. The molecule has 0 radical (unpaired) electrons.